The molecule has 1 rings (SSSR count). The minimum Gasteiger partial charge on any atom is -0.497 e. The number of hydrogen-bond donors (Lipinski definition) is 2. The minimum absolute atomic E-state index is 0.352. The van der Waals surface area contributed by atoms with Gasteiger partial charge in [-0.2, -0.15) is 5.10 Å². The Morgan fingerprint density at radius 1 is 1.25 bits per heavy atom. The largest absolute Gasteiger partial charge is 0.497 e. The normalized spacial score (nSPS) is 9.12. The maximum absolute atomic E-state index is 5.12. The van der Waals surface area contributed by atoms with Crippen LogP contribution >= 0.6 is 12.2 Å². The Morgan fingerprint density at radius 3 is 2.25 bits per heavy atom. The fourth-order valence-corrected chi connectivity index (χ4v) is 1.29. The van der Waals surface area contributed by atoms with Gasteiger partial charge in [0.1, 0.15) is 11.5 Å². The van der Waals surface area contributed by atoms with Crippen molar-refractivity contribution >= 4 is 29.7 Å². The maximum atomic E-state index is 5.12. The lowest BCUT2D eigenvalue weighted by Gasteiger charge is -2.10. The van der Waals surface area contributed by atoms with Crippen LogP contribution in [0.2, 0.25) is 0 Å². The monoisotopic (exact) mass is 239 g/mol. The lowest BCUT2D eigenvalue weighted by Crippen LogP contribution is -2.23. The van der Waals surface area contributed by atoms with Gasteiger partial charge in [-0.3, -0.25) is 5.43 Å². The Labute approximate surface area is 99.4 Å². The molecular formula is C10H13N3O2S. The van der Waals surface area contributed by atoms with E-state index in [-0.39, 0.29) is 0 Å². The van der Waals surface area contributed by atoms with Crippen molar-refractivity contribution < 1.29 is 9.47 Å². The third kappa shape index (κ3) is 3.39. The Bertz CT molecular complexity index is 373. The summed E-state index contributed by atoms with van der Waals surface area (Å²) < 4.78 is 10.2. The Kier molecular flexibility index (Phi) is 4.53. The number of methoxy groups -OCH3 is 2. The van der Waals surface area contributed by atoms with Crippen LogP contribution in [0.1, 0.15) is 0 Å². The lowest BCUT2D eigenvalue weighted by molar-refractivity contribution is 0.395. The van der Waals surface area contributed by atoms with E-state index in [1.807, 2.05) is 0 Å². The highest BCUT2D eigenvalue weighted by Gasteiger charge is 2.02. The molecule has 0 aliphatic rings. The van der Waals surface area contributed by atoms with Crippen LogP contribution < -0.4 is 20.2 Å². The predicted molar refractivity (Wildman–Crippen MR) is 68.5 cm³/mol. The van der Waals surface area contributed by atoms with Gasteiger partial charge in [0.05, 0.1) is 14.2 Å². The Morgan fingerprint density at radius 2 is 1.81 bits per heavy atom. The summed E-state index contributed by atoms with van der Waals surface area (Å²) in [6.45, 7) is 3.27. The van der Waals surface area contributed by atoms with Crippen molar-refractivity contribution in [1.82, 2.24) is 5.43 Å². The molecule has 0 radical (unpaired) electrons. The molecule has 0 saturated heterocycles. The van der Waals surface area contributed by atoms with Crippen molar-refractivity contribution in [2.24, 2.45) is 5.10 Å². The van der Waals surface area contributed by atoms with Crippen LogP contribution in [0, 0.1) is 0 Å². The first-order valence-electron chi connectivity index (χ1n) is 4.45. The van der Waals surface area contributed by atoms with Gasteiger partial charge < -0.3 is 14.8 Å². The van der Waals surface area contributed by atoms with Crippen LogP contribution in [0.25, 0.3) is 0 Å². The molecule has 0 amide bonds. The van der Waals surface area contributed by atoms with Crippen LogP contribution in [0.3, 0.4) is 0 Å². The number of hydrogen-bond acceptors (Lipinski definition) is 4. The molecule has 1 aromatic carbocycles. The summed E-state index contributed by atoms with van der Waals surface area (Å²) >= 11 is 4.96. The van der Waals surface area contributed by atoms with Crippen LogP contribution in [0.4, 0.5) is 5.69 Å². The second-order valence-electron chi connectivity index (χ2n) is 2.83. The van der Waals surface area contributed by atoms with E-state index in [1.165, 1.54) is 0 Å². The molecule has 0 bridgehead atoms. The molecule has 0 aliphatic heterocycles. The number of nitrogens with zero attached hydrogens (tertiary/aromatic N) is 1. The van der Waals surface area contributed by atoms with Crippen molar-refractivity contribution in [2.45, 2.75) is 0 Å². The predicted octanol–water partition coefficient (Wildman–Crippen LogP) is 1.61. The number of hydrazone groups is 1. The zero-order valence-electron chi connectivity index (χ0n) is 9.11. The average Bonchev–Trinajstić information content (AvgIpc) is 2.28. The number of anilines is 1. The smallest absolute Gasteiger partial charge is 0.191 e. The molecule has 0 saturated carbocycles. The van der Waals surface area contributed by atoms with Gasteiger partial charge in [0.25, 0.3) is 0 Å². The molecule has 5 nitrogen and oxygen atoms in total. The van der Waals surface area contributed by atoms with Gasteiger partial charge in [0, 0.05) is 30.6 Å². The molecule has 0 fully saturated rings. The molecule has 0 unspecified atom stereocenters. The molecule has 0 aliphatic carbocycles. The van der Waals surface area contributed by atoms with Crippen LogP contribution in [0.5, 0.6) is 11.5 Å². The Balaban J connectivity index is 2.86. The molecule has 0 atom stereocenters. The van der Waals surface area contributed by atoms with Crippen molar-refractivity contribution in [3.05, 3.63) is 18.2 Å². The van der Waals surface area contributed by atoms with Gasteiger partial charge in [-0.25, -0.2) is 0 Å². The molecule has 1 aromatic rings. The molecule has 2 N–H and O–H groups in total. The van der Waals surface area contributed by atoms with Gasteiger partial charge in [0.15, 0.2) is 5.11 Å². The number of thiocarbonyl (C=S) groups is 1. The highest BCUT2D eigenvalue weighted by Crippen LogP contribution is 2.25. The highest BCUT2D eigenvalue weighted by atomic mass is 32.1. The second-order valence-corrected chi connectivity index (χ2v) is 3.23. The standard InChI is InChI=1S/C10H13N3O2S/c1-11-13-10(16)12-7-4-8(14-2)6-9(5-7)15-3/h4-6H,1H2,2-3H3,(H2,12,13,16). The summed E-state index contributed by atoms with van der Waals surface area (Å²) in [7, 11) is 3.17. The molecule has 0 heterocycles. The molecule has 6 heteroatoms. The van der Waals surface area contributed by atoms with E-state index in [4.69, 9.17) is 21.7 Å². The van der Waals surface area contributed by atoms with Crippen molar-refractivity contribution in [1.29, 1.82) is 0 Å². The van der Waals surface area contributed by atoms with Crippen molar-refractivity contribution in [2.75, 3.05) is 19.5 Å². The van der Waals surface area contributed by atoms with E-state index in [0.29, 0.717) is 16.6 Å². The maximum Gasteiger partial charge on any atom is 0.191 e. The fourth-order valence-electron chi connectivity index (χ4n) is 1.11. The molecular weight excluding hydrogens is 226 g/mol. The highest BCUT2D eigenvalue weighted by molar-refractivity contribution is 7.80. The molecule has 0 aromatic heterocycles. The van der Waals surface area contributed by atoms with Gasteiger partial charge in [-0.05, 0) is 12.2 Å². The van der Waals surface area contributed by atoms with E-state index in [9.17, 15) is 0 Å². The number of benzene rings is 1. The Hall–Kier alpha value is -1.82. The average molecular weight is 239 g/mol. The van der Waals surface area contributed by atoms with E-state index >= 15 is 0 Å². The number of rotatable bonds is 4. The van der Waals surface area contributed by atoms with Crippen LogP contribution in [-0.2, 0) is 0 Å². The van der Waals surface area contributed by atoms with Crippen LogP contribution in [-0.4, -0.2) is 26.0 Å². The third-order valence-corrected chi connectivity index (χ3v) is 1.98. The minimum atomic E-state index is 0.352. The zero-order valence-corrected chi connectivity index (χ0v) is 9.93. The summed E-state index contributed by atoms with van der Waals surface area (Å²) in [5.74, 6) is 1.35. The van der Waals surface area contributed by atoms with Crippen molar-refractivity contribution in [3.8, 4) is 11.5 Å². The number of ether oxygens (including phenoxy) is 2. The molecule has 0 spiro atoms. The first kappa shape index (κ1) is 12.3. The summed E-state index contributed by atoms with van der Waals surface area (Å²) in [4.78, 5) is 0. The lowest BCUT2D eigenvalue weighted by atomic mass is 10.3. The molecule has 86 valence electrons. The topological polar surface area (TPSA) is 54.9 Å². The second kappa shape index (κ2) is 5.92. The first-order chi connectivity index (χ1) is 7.69. The van der Waals surface area contributed by atoms with Gasteiger partial charge in [-0.1, -0.05) is 0 Å². The summed E-state index contributed by atoms with van der Waals surface area (Å²) in [5.41, 5.74) is 3.27. The first-order valence-corrected chi connectivity index (χ1v) is 4.86. The van der Waals surface area contributed by atoms with E-state index in [1.54, 1.807) is 32.4 Å². The molecule has 16 heavy (non-hydrogen) atoms. The quantitative estimate of drug-likeness (QED) is 0.475. The SMILES string of the molecule is C=NNC(=S)Nc1cc(OC)cc(OC)c1. The third-order valence-electron chi connectivity index (χ3n) is 1.79. The zero-order chi connectivity index (χ0) is 12.0. The fraction of sp³-hybridized carbons (Fsp3) is 0.200. The van der Waals surface area contributed by atoms with E-state index < -0.39 is 0 Å². The van der Waals surface area contributed by atoms with Gasteiger partial charge >= 0.3 is 0 Å². The van der Waals surface area contributed by atoms with E-state index in [2.05, 4.69) is 22.6 Å². The van der Waals surface area contributed by atoms with Gasteiger partial charge in [0.2, 0.25) is 0 Å². The van der Waals surface area contributed by atoms with Crippen LogP contribution in [0.15, 0.2) is 23.3 Å². The van der Waals surface area contributed by atoms with Gasteiger partial charge in [-0.15, -0.1) is 0 Å². The summed E-state index contributed by atoms with van der Waals surface area (Å²) in [6.07, 6.45) is 0. The summed E-state index contributed by atoms with van der Waals surface area (Å²) in [6, 6.07) is 5.35. The summed E-state index contributed by atoms with van der Waals surface area (Å²) in [5, 5.41) is 6.72. The van der Waals surface area contributed by atoms with Crippen molar-refractivity contribution in [3.63, 3.8) is 0 Å². The number of nitrogens with one attached hydrogen (secondary N) is 2. The van der Waals surface area contributed by atoms with E-state index in [0.717, 1.165) is 5.69 Å².